The van der Waals surface area contributed by atoms with Gasteiger partial charge in [-0.05, 0) is 56.5 Å². The number of aryl methyl sites for hydroxylation is 2. The number of carbonyl (C=O) groups excluding carboxylic acids is 1. The first kappa shape index (κ1) is 17.0. The number of benzene rings is 2. The molecule has 1 saturated carbocycles. The average molecular weight is 351 g/mol. The molecule has 0 aromatic heterocycles. The number of ether oxygens (including phenoxy) is 2. The van der Waals surface area contributed by atoms with Gasteiger partial charge in [0.2, 0.25) is 6.79 Å². The summed E-state index contributed by atoms with van der Waals surface area (Å²) in [5, 5.41) is 0. The Hall–Kier alpha value is -2.49. The van der Waals surface area contributed by atoms with Crippen LogP contribution >= 0.6 is 0 Å². The summed E-state index contributed by atoms with van der Waals surface area (Å²) in [6.07, 6.45) is 4.56. The second-order valence-corrected chi connectivity index (χ2v) is 7.44. The summed E-state index contributed by atoms with van der Waals surface area (Å²) in [5.41, 5.74) is 4.12. The smallest absolute Gasteiger partial charge is 0.254 e. The Labute approximate surface area is 154 Å². The van der Waals surface area contributed by atoms with Crippen LogP contribution in [-0.2, 0) is 6.54 Å². The zero-order valence-electron chi connectivity index (χ0n) is 15.5. The fourth-order valence-electron chi connectivity index (χ4n) is 4.08. The maximum absolute atomic E-state index is 13.3. The molecule has 0 bridgehead atoms. The first-order valence-electron chi connectivity index (χ1n) is 9.38. The predicted octanol–water partition coefficient (Wildman–Crippen LogP) is 4.62. The molecule has 2 aliphatic rings. The zero-order valence-corrected chi connectivity index (χ0v) is 15.5. The third-order valence-corrected chi connectivity index (χ3v) is 5.28. The number of carbonyl (C=O) groups is 1. The highest BCUT2D eigenvalue weighted by molar-refractivity contribution is 5.94. The Morgan fingerprint density at radius 2 is 1.69 bits per heavy atom. The van der Waals surface area contributed by atoms with Crippen molar-refractivity contribution < 1.29 is 14.3 Å². The van der Waals surface area contributed by atoms with E-state index in [9.17, 15) is 4.79 Å². The third-order valence-electron chi connectivity index (χ3n) is 5.28. The molecular weight excluding hydrogens is 326 g/mol. The maximum atomic E-state index is 13.3. The fraction of sp³-hybridized carbons (Fsp3) is 0.409. The molecule has 4 rings (SSSR count). The van der Waals surface area contributed by atoms with Gasteiger partial charge in [0, 0.05) is 18.2 Å². The quantitative estimate of drug-likeness (QED) is 0.807. The number of hydrogen-bond acceptors (Lipinski definition) is 3. The summed E-state index contributed by atoms with van der Waals surface area (Å²) in [6, 6.07) is 12.4. The number of rotatable bonds is 4. The number of fused-ring (bicyclic) bond motifs is 1. The van der Waals surface area contributed by atoms with E-state index in [1.165, 1.54) is 12.8 Å². The van der Waals surface area contributed by atoms with Crippen LogP contribution < -0.4 is 9.47 Å². The van der Waals surface area contributed by atoms with Gasteiger partial charge >= 0.3 is 0 Å². The van der Waals surface area contributed by atoms with E-state index in [1.807, 2.05) is 44.2 Å². The standard InChI is InChI=1S/C22H25NO3/c1-15-9-16(2)11-18(10-15)22(24)23(19-5-3-4-6-19)13-17-7-8-20-21(12-17)26-14-25-20/h7-12,19H,3-6,13-14H2,1-2H3. The minimum Gasteiger partial charge on any atom is -0.454 e. The molecule has 4 nitrogen and oxygen atoms in total. The van der Waals surface area contributed by atoms with E-state index in [0.29, 0.717) is 12.6 Å². The highest BCUT2D eigenvalue weighted by Crippen LogP contribution is 2.34. The third kappa shape index (κ3) is 3.41. The normalized spacial score (nSPS) is 16.1. The summed E-state index contributed by atoms with van der Waals surface area (Å²) >= 11 is 0. The second kappa shape index (κ2) is 7.02. The Morgan fingerprint density at radius 1 is 1.00 bits per heavy atom. The minimum absolute atomic E-state index is 0.126. The van der Waals surface area contributed by atoms with Crippen LogP contribution in [0, 0.1) is 13.8 Å². The minimum atomic E-state index is 0.126. The lowest BCUT2D eigenvalue weighted by atomic mass is 10.0. The topological polar surface area (TPSA) is 38.8 Å². The molecule has 0 radical (unpaired) electrons. The lowest BCUT2D eigenvalue weighted by Crippen LogP contribution is -2.38. The first-order valence-corrected chi connectivity index (χ1v) is 9.38. The maximum Gasteiger partial charge on any atom is 0.254 e. The van der Waals surface area contributed by atoms with Crippen LogP contribution in [0.15, 0.2) is 36.4 Å². The van der Waals surface area contributed by atoms with Gasteiger partial charge in [0.05, 0.1) is 0 Å². The summed E-state index contributed by atoms with van der Waals surface area (Å²) in [4.78, 5) is 15.4. The van der Waals surface area contributed by atoms with Gasteiger partial charge in [0.1, 0.15) is 0 Å². The molecule has 0 unspecified atom stereocenters. The molecule has 0 atom stereocenters. The Balaban J connectivity index is 1.62. The molecule has 1 aliphatic heterocycles. The van der Waals surface area contributed by atoms with E-state index < -0.39 is 0 Å². The highest BCUT2D eigenvalue weighted by atomic mass is 16.7. The largest absolute Gasteiger partial charge is 0.454 e. The van der Waals surface area contributed by atoms with E-state index in [4.69, 9.17) is 9.47 Å². The molecule has 2 aromatic carbocycles. The van der Waals surface area contributed by atoms with Gasteiger partial charge in [-0.1, -0.05) is 36.1 Å². The van der Waals surface area contributed by atoms with E-state index in [1.54, 1.807) is 0 Å². The number of amides is 1. The van der Waals surface area contributed by atoms with E-state index in [-0.39, 0.29) is 12.7 Å². The molecule has 26 heavy (non-hydrogen) atoms. The molecule has 2 aromatic rings. The number of nitrogens with zero attached hydrogens (tertiary/aromatic N) is 1. The molecule has 1 amide bonds. The van der Waals surface area contributed by atoms with Crippen molar-refractivity contribution in [2.75, 3.05) is 6.79 Å². The average Bonchev–Trinajstić information content (AvgIpc) is 3.29. The van der Waals surface area contributed by atoms with Gasteiger partial charge in [0.15, 0.2) is 11.5 Å². The molecule has 1 heterocycles. The van der Waals surface area contributed by atoms with Crippen LogP contribution in [0.5, 0.6) is 11.5 Å². The molecule has 136 valence electrons. The van der Waals surface area contributed by atoms with Crippen molar-refractivity contribution in [3.05, 3.63) is 58.7 Å². The molecule has 1 fully saturated rings. The van der Waals surface area contributed by atoms with Crippen LogP contribution in [0.4, 0.5) is 0 Å². The molecule has 4 heteroatoms. The first-order chi connectivity index (χ1) is 12.6. The van der Waals surface area contributed by atoms with Crippen LogP contribution in [0.2, 0.25) is 0 Å². The van der Waals surface area contributed by atoms with Crippen molar-refractivity contribution in [1.29, 1.82) is 0 Å². The van der Waals surface area contributed by atoms with Gasteiger partial charge in [-0.2, -0.15) is 0 Å². The molecular formula is C22H25NO3. The van der Waals surface area contributed by atoms with Crippen molar-refractivity contribution in [3.8, 4) is 11.5 Å². The van der Waals surface area contributed by atoms with Crippen molar-refractivity contribution in [2.45, 2.75) is 52.1 Å². The van der Waals surface area contributed by atoms with Crippen molar-refractivity contribution in [1.82, 2.24) is 4.90 Å². The van der Waals surface area contributed by atoms with Crippen molar-refractivity contribution >= 4 is 5.91 Å². The molecule has 0 spiro atoms. The Bertz CT molecular complexity index is 804. The van der Waals surface area contributed by atoms with Gasteiger partial charge < -0.3 is 14.4 Å². The predicted molar refractivity (Wildman–Crippen MR) is 101 cm³/mol. The SMILES string of the molecule is Cc1cc(C)cc(C(=O)N(Cc2ccc3c(c2)OCO3)C2CCCC2)c1. The fourth-order valence-corrected chi connectivity index (χ4v) is 4.08. The second-order valence-electron chi connectivity index (χ2n) is 7.44. The van der Waals surface area contributed by atoms with Crippen LogP contribution in [0.3, 0.4) is 0 Å². The van der Waals surface area contributed by atoms with Gasteiger partial charge in [-0.25, -0.2) is 0 Å². The van der Waals surface area contributed by atoms with Gasteiger partial charge in [-0.15, -0.1) is 0 Å². The van der Waals surface area contributed by atoms with Crippen LogP contribution in [0.25, 0.3) is 0 Å². The Morgan fingerprint density at radius 3 is 2.42 bits per heavy atom. The van der Waals surface area contributed by atoms with Gasteiger partial charge in [-0.3, -0.25) is 4.79 Å². The van der Waals surface area contributed by atoms with E-state index >= 15 is 0 Å². The Kier molecular flexibility index (Phi) is 4.58. The lowest BCUT2D eigenvalue weighted by Gasteiger charge is -2.29. The van der Waals surface area contributed by atoms with Gasteiger partial charge in [0.25, 0.3) is 5.91 Å². The summed E-state index contributed by atoms with van der Waals surface area (Å²) in [6.45, 7) is 4.96. The van der Waals surface area contributed by atoms with E-state index in [2.05, 4.69) is 11.0 Å². The van der Waals surface area contributed by atoms with Crippen molar-refractivity contribution in [3.63, 3.8) is 0 Å². The molecule has 0 saturated heterocycles. The number of hydrogen-bond donors (Lipinski definition) is 0. The van der Waals surface area contributed by atoms with Crippen LogP contribution in [-0.4, -0.2) is 23.6 Å². The van der Waals surface area contributed by atoms with Crippen molar-refractivity contribution in [2.24, 2.45) is 0 Å². The monoisotopic (exact) mass is 351 g/mol. The summed E-state index contributed by atoms with van der Waals surface area (Å²) in [5.74, 6) is 1.68. The van der Waals surface area contributed by atoms with E-state index in [0.717, 1.165) is 46.6 Å². The highest BCUT2D eigenvalue weighted by Gasteiger charge is 2.28. The summed E-state index contributed by atoms with van der Waals surface area (Å²) in [7, 11) is 0. The molecule has 1 aliphatic carbocycles. The lowest BCUT2D eigenvalue weighted by molar-refractivity contribution is 0.0664. The zero-order chi connectivity index (χ0) is 18.1. The summed E-state index contributed by atoms with van der Waals surface area (Å²) < 4.78 is 10.9. The molecule has 0 N–H and O–H groups in total. The van der Waals surface area contributed by atoms with Crippen LogP contribution in [0.1, 0.15) is 52.7 Å².